The van der Waals surface area contributed by atoms with Gasteiger partial charge in [0.1, 0.15) is 10.7 Å². The molecule has 24 heavy (non-hydrogen) atoms. The summed E-state index contributed by atoms with van der Waals surface area (Å²) in [7, 11) is 0. The molecular weight excluding hydrogens is 326 g/mol. The predicted molar refractivity (Wildman–Crippen MR) is 90.9 cm³/mol. The number of carbonyl (C=O) groups is 1. The Kier molecular flexibility index (Phi) is 5.20. The molecule has 2 N–H and O–H groups in total. The lowest BCUT2D eigenvalue weighted by Crippen LogP contribution is -2.34. The van der Waals surface area contributed by atoms with Crippen LogP contribution in [0.4, 0.5) is 0 Å². The number of fused-ring (bicyclic) bond motifs is 1. The molecule has 0 unspecified atom stereocenters. The molecule has 3 heterocycles. The standard InChI is InChI=1S/C15H23N7OS/c1-4-10-13(24-21-18-10)15(23)17-12(9(2)3)14-20-19-11-5-6-16-7-8-22(11)14/h9,12,16H,4-8H2,1-3H3,(H,17,23)/t12-/m1/s1. The highest BCUT2D eigenvalue weighted by atomic mass is 32.1. The average Bonchev–Trinajstić information content (AvgIpc) is 3.13. The van der Waals surface area contributed by atoms with Crippen LogP contribution in [0.2, 0.25) is 0 Å². The Bertz CT molecular complexity index is 708. The first kappa shape index (κ1) is 17.0. The van der Waals surface area contributed by atoms with E-state index in [0.717, 1.165) is 54.9 Å². The summed E-state index contributed by atoms with van der Waals surface area (Å²) in [6.45, 7) is 8.73. The molecule has 3 rings (SSSR count). The number of aromatic nitrogens is 5. The summed E-state index contributed by atoms with van der Waals surface area (Å²) < 4.78 is 6.04. The largest absolute Gasteiger partial charge is 0.341 e. The Hall–Kier alpha value is -1.87. The van der Waals surface area contributed by atoms with E-state index in [9.17, 15) is 4.79 Å². The van der Waals surface area contributed by atoms with E-state index in [-0.39, 0.29) is 17.9 Å². The van der Waals surface area contributed by atoms with Gasteiger partial charge in [0.2, 0.25) is 0 Å². The van der Waals surface area contributed by atoms with Gasteiger partial charge in [0, 0.05) is 26.1 Å². The molecule has 0 fully saturated rings. The maximum atomic E-state index is 12.7. The van der Waals surface area contributed by atoms with Crippen LogP contribution in [0.15, 0.2) is 0 Å². The summed E-state index contributed by atoms with van der Waals surface area (Å²) >= 11 is 1.14. The molecule has 1 amide bonds. The van der Waals surface area contributed by atoms with Crippen molar-refractivity contribution in [2.45, 2.75) is 46.2 Å². The second-order valence-corrected chi connectivity index (χ2v) is 6.98. The fourth-order valence-corrected chi connectivity index (χ4v) is 3.53. The minimum absolute atomic E-state index is 0.135. The summed E-state index contributed by atoms with van der Waals surface area (Å²) in [4.78, 5) is 13.3. The second-order valence-electron chi connectivity index (χ2n) is 6.22. The van der Waals surface area contributed by atoms with Gasteiger partial charge in [-0.3, -0.25) is 4.79 Å². The van der Waals surface area contributed by atoms with E-state index in [2.05, 4.69) is 48.8 Å². The van der Waals surface area contributed by atoms with Crippen LogP contribution in [0.3, 0.4) is 0 Å². The van der Waals surface area contributed by atoms with Gasteiger partial charge in [-0.1, -0.05) is 25.3 Å². The summed E-state index contributed by atoms with van der Waals surface area (Å²) in [6.07, 6.45) is 1.54. The number of hydrogen-bond donors (Lipinski definition) is 2. The van der Waals surface area contributed by atoms with E-state index in [1.54, 1.807) is 0 Å². The van der Waals surface area contributed by atoms with Crippen molar-refractivity contribution in [3.05, 3.63) is 22.2 Å². The number of aryl methyl sites for hydroxylation is 1. The molecule has 0 aromatic carbocycles. The van der Waals surface area contributed by atoms with E-state index in [4.69, 9.17) is 0 Å². The lowest BCUT2D eigenvalue weighted by molar-refractivity contribution is 0.0925. The van der Waals surface area contributed by atoms with Crippen LogP contribution in [0, 0.1) is 5.92 Å². The van der Waals surface area contributed by atoms with E-state index in [1.165, 1.54) is 0 Å². The molecule has 9 heteroatoms. The van der Waals surface area contributed by atoms with Crippen LogP contribution < -0.4 is 10.6 Å². The fraction of sp³-hybridized carbons (Fsp3) is 0.667. The van der Waals surface area contributed by atoms with Crippen LogP contribution >= 0.6 is 11.5 Å². The fourth-order valence-electron chi connectivity index (χ4n) is 2.87. The van der Waals surface area contributed by atoms with Gasteiger partial charge in [-0.25, -0.2) is 0 Å². The zero-order valence-electron chi connectivity index (χ0n) is 14.2. The summed E-state index contributed by atoms with van der Waals surface area (Å²) in [5.74, 6) is 1.87. The molecule has 0 spiro atoms. The molecule has 130 valence electrons. The van der Waals surface area contributed by atoms with Crippen molar-refractivity contribution in [1.82, 2.24) is 35.0 Å². The van der Waals surface area contributed by atoms with Crippen molar-refractivity contribution in [2.75, 3.05) is 13.1 Å². The number of nitrogens with one attached hydrogen (secondary N) is 2. The van der Waals surface area contributed by atoms with E-state index >= 15 is 0 Å². The van der Waals surface area contributed by atoms with Gasteiger partial charge >= 0.3 is 0 Å². The van der Waals surface area contributed by atoms with Crippen LogP contribution in [-0.2, 0) is 19.4 Å². The monoisotopic (exact) mass is 349 g/mol. The first-order valence-corrected chi connectivity index (χ1v) is 9.14. The average molecular weight is 349 g/mol. The summed E-state index contributed by atoms with van der Waals surface area (Å²) in [6, 6.07) is -0.191. The Morgan fingerprint density at radius 3 is 2.92 bits per heavy atom. The zero-order chi connectivity index (χ0) is 17.1. The normalized spacial score (nSPS) is 15.8. The molecule has 8 nitrogen and oxygen atoms in total. The van der Waals surface area contributed by atoms with Crippen molar-refractivity contribution in [1.29, 1.82) is 0 Å². The van der Waals surface area contributed by atoms with Crippen molar-refractivity contribution >= 4 is 17.4 Å². The van der Waals surface area contributed by atoms with Crippen molar-refractivity contribution < 1.29 is 4.79 Å². The molecule has 0 bridgehead atoms. The maximum Gasteiger partial charge on any atom is 0.265 e. The van der Waals surface area contributed by atoms with E-state index < -0.39 is 0 Å². The van der Waals surface area contributed by atoms with E-state index in [1.807, 2.05) is 6.92 Å². The third-order valence-electron chi connectivity index (χ3n) is 4.22. The quantitative estimate of drug-likeness (QED) is 0.835. The minimum Gasteiger partial charge on any atom is -0.341 e. The molecule has 1 aliphatic heterocycles. The number of hydrogen-bond acceptors (Lipinski definition) is 7. The lowest BCUT2D eigenvalue weighted by atomic mass is 10.0. The van der Waals surface area contributed by atoms with Gasteiger partial charge < -0.3 is 15.2 Å². The zero-order valence-corrected chi connectivity index (χ0v) is 15.1. The Balaban J connectivity index is 1.86. The number of amides is 1. The second kappa shape index (κ2) is 7.35. The first-order valence-electron chi connectivity index (χ1n) is 8.36. The van der Waals surface area contributed by atoms with E-state index in [0.29, 0.717) is 11.3 Å². The molecule has 0 saturated carbocycles. The third kappa shape index (κ3) is 3.32. The highest BCUT2D eigenvalue weighted by Crippen LogP contribution is 2.23. The molecule has 1 atom stereocenters. The van der Waals surface area contributed by atoms with Gasteiger partial charge in [-0.05, 0) is 23.9 Å². The van der Waals surface area contributed by atoms with Gasteiger partial charge in [0.05, 0.1) is 11.7 Å². The minimum atomic E-state index is -0.191. The molecule has 1 aliphatic rings. The highest BCUT2D eigenvalue weighted by Gasteiger charge is 2.28. The van der Waals surface area contributed by atoms with Gasteiger partial charge in [0.25, 0.3) is 5.91 Å². The third-order valence-corrected chi connectivity index (χ3v) is 4.99. The first-order chi connectivity index (χ1) is 11.6. The molecule has 0 saturated heterocycles. The summed E-state index contributed by atoms with van der Waals surface area (Å²) in [5.41, 5.74) is 0.740. The van der Waals surface area contributed by atoms with Crippen molar-refractivity contribution in [3.63, 3.8) is 0 Å². The lowest BCUT2D eigenvalue weighted by Gasteiger charge is -2.22. The summed E-state index contributed by atoms with van der Waals surface area (Å²) in [5, 5.41) is 19.2. The number of carbonyl (C=O) groups excluding carboxylic acids is 1. The highest BCUT2D eigenvalue weighted by molar-refractivity contribution is 7.08. The van der Waals surface area contributed by atoms with Crippen LogP contribution in [-0.4, -0.2) is 43.3 Å². The molecule has 2 aromatic heterocycles. The topological polar surface area (TPSA) is 97.6 Å². The number of nitrogens with zero attached hydrogens (tertiary/aromatic N) is 5. The van der Waals surface area contributed by atoms with Crippen molar-refractivity contribution in [2.24, 2.45) is 5.92 Å². The molecule has 0 aliphatic carbocycles. The van der Waals surface area contributed by atoms with Crippen LogP contribution in [0.1, 0.15) is 53.8 Å². The number of rotatable bonds is 5. The molecular formula is C15H23N7OS. The van der Waals surface area contributed by atoms with Crippen LogP contribution in [0.5, 0.6) is 0 Å². The Labute approximate surface area is 145 Å². The van der Waals surface area contributed by atoms with Gasteiger partial charge in [-0.2, -0.15) is 0 Å². The van der Waals surface area contributed by atoms with Crippen molar-refractivity contribution in [3.8, 4) is 0 Å². The van der Waals surface area contributed by atoms with Crippen LogP contribution in [0.25, 0.3) is 0 Å². The maximum absolute atomic E-state index is 12.7. The smallest absolute Gasteiger partial charge is 0.265 e. The SMILES string of the molecule is CCc1nnsc1C(=O)N[C@@H](c1nnc2n1CCNCC2)C(C)C. The van der Waals surface area contributed by atoms with Gasteiger partial charge in [0.15, 0.2) is 5.82 Å². The van der Waals surface area contributed by atoms with Gasteiger partial charge in [-0.15, -0.1) is 15.3 Å². The Morgan fingerprint density at radius 2 is 2.17 bits per heavy atom. The molecule has 0 radical (unpaired) electrons. The Morgan fingerprint density at radius 1 is 1.33 bits per heavy atom. The predicted octanol–water partition coefficient (Wildman–Crippen LogP) is 0.965. The molecule has 2 aromatic rings.